The molecule has 0 bridgehead atoms. The molecule has 1 N–H and O–H groups in total. The van der Waals surface area contributed by atoms with E-state index in [1.54, 1.807) is 6.07 Å². The monoisotopic (exact) mass is 317 g/mol. The van der Waals surface area contributed by atoms with Crippen LogP contribution < -0.4 is 10.1 Å². The van der Waals surface area contributed by atoms with Crippen molar-refractivity contribution in [2.75, 3.05) is 25.2 Å². The third-order valence-electron chi connectivity index (χ3n) is 2.80. The molecule has 0 aromatic heterocycles. The Labute approximate surface area is 126 Å². The van der Waals surface area contributed by atoms with E-state index in [1.165, 1.54) is 12.3 Å². The van der Waals surface area contributed by atoms with Gasteiger partial charge in [0, 0.05) is 12.8 Å². The Morgan fingerprint density at radius 2 is 2.05 bits per heavy atom. The van der Waals surface area contributed by atoms with E-state index in [-0.39, 0.29) is 18.1 Å². The zero-order chi connectivity index (χ0) is 15.9. The Kier molecular flexibility index (Phi) is 7.11. The standard InChI is InChI=1S/C15H24FNO3S/c1-12(2)10-17-11-13-5-6-15(14(16)9-13)20-7-4-8-21(3,18)19/h5-6,9,12,17H,4,7-8,10-11H2,1-3H3. The molecular formula is C15H24FNO3S. The molecule has 1 rings (SSSR count). The van der Waals surface area contributed by atoms with E-state index in [9.17, 15) is 12.8 Å². The fourth-order valence-corrected chi connectivity index (χ4v) is 2.42. The van der Waals surface area contributed by atoms with E-state index in [1.807, 2.05) is 6.07 Å². The summed E-state index contributed by atoms with van der Waals surface area (Å²) in [6, 6.07) is 4.84. The highest BCUT2D eigenvalue weighted by molar-refractivity contribution is 7.90. The van der Waals surface area contributed by atoms with Crippen LogP contribution in [0.2, 0.25) is 0 Å². The van der Waals surface area contributed by atoms with Crippen LogP contribution in [0.15, 0.2) is 18.2 Å². The molecule has 0 aliphatic carbocycles. The molecule has 0 atom stereocenters. The maximum Gasteiger partial charge on any atom is 0.165 e. The molecule has 0 saturated carbocycles. The van der Waals surface area contributed by atoms with Gasteiger partial charge >= 0.3 is 0 Å². The van der Waals surface area contributed by atoms with Crippen molar-refractivity contribution in [1.82, 2.24) is 5.32 Å². The van der Waals surface area contributed by atoms with Gasteiger partial charge in [0.1, 0.15) is 9.84 Å². The summed E-state index contributed by atoms with van der Waals surface area (Å²) < 4.78 is 41.0. The fourth-order valence-electron chi connectivity index (χ4n) is 1.78. The number of ether oxygens (including phenoxy) is 1. The zero-order valence-corrected chi connectivity index (χ0v) is 13.7. The molecule has 4 nitrogen and oxygen atoms in total. The van der Waals surface area contributed by atoms with Crippen LogP contribution in [0.3, 0.4) is 0 Å². The topological polar surface area (TPSA) is 55.4 Å². The first-order valence-electron chi connectivity index (χ1n) is 7.07. The Morgan fingerprint density at radius 1 is 1.33 bits per heavy atom. The van der Waals surface area contributed by atoms with Crippen molar-refractivity contribution in [3.8, 4) is 5.75 Å². The van der Waals surface area contributed by atoms with Crippen LogP contribution in [0.4, 0.5) is 4.39 Å². The summed E-state index contributed by atoms with van der Waals surface area (Å²) in [4.78, 5) is 0. The van der Waals surface area contributed by atoms with Crippen molar-refractivity contribution in [2.45, 2.75) is 26.8 Å². The van der Waals surface area contributed by atoms with Crippen molar-refractivity contribution in [3.63, 3.8) is 0 Å². The lowest BCUT2D eigenvalue weighted by molar-refractivity contribution is 0.301. The molecule has 6 heteroatoms. The van der Waals surface area contributed by atoms with Crippen LogP contribution >= 0.6 is 0 Å². The van der Waals surface area contributed by atoms with Gasteiger partial charge in [-0.3, -0.25) is 0 Å². The minimum Gasteiger partial charge on any atom is -0.490 e. The quantitative estimate of drug-likeness (QED) is 0.711. The van der Waals surface area contributed by atoms with Crippen LogP contribution in [-0.2, 0) is 16.4 Å². The summed E-state index contributed by atoms with van der Waals surface area (Å²) in [7, 11) is -2.99. The minimum atomic E-state index is -2.99. The summed E-state index contributed by atoms with van der Waals surface area (Å²) in [6.45, 7) is 5.91. The molecule has 21 heavy (non-hydrogen) atoms. The Morgan fingerprint density at radius 3 is 2.62 bits per heavy atom. The van der Waals surface area contributed by atoms with Gasteiger partial charge in [0.25, 0.3) is 0 Å². The molecule has 0 radical (unpaired) electrons. The number of benzene rings is 1. The largest absolute Gasteiger partial charge is 0.490 e. The lowest BCUT2D eigenvalue weighted by atomic mass is 10.2. The second-order valence-corrected chi connectivity index (χ2v) is 7.88. The van der Waals surface area contributed by atoms with Gasteiger partial charge in [-0.25, -0.2) is 12.8 Å². The first-order chi connectivity index (χ1) is 9.78. The van der Waals surface area contributed by atoms with Gasteiger partial charge in [0.2, 0.25) is 0 Å². The van der Waals surface area contributed by atoms with Gasteiger partial charge in [0.15, 0.2) is 11.6 Å². The molecule has 1 aromatic carbocycles. The molecule has 0 amide bonds. The molecule has 120 valence electrons. The maximum absolute atomic E-state index is 13.8. The van der Waals surface area contributed by atoms with Crippen LogP contribution in [0.5, 0.6) is 5.75 Å². The summed E-state index contributed by atoms with van der Waals surface area (Å²) in [5.41, 5.74) is 0.858. The summed E-state index contributed by atoms with van der Waals surface area (Å²) in [5, 5.41) is 3.24. The number of halogens is 1. The molecule has 0 heterocycles. The summed E-state index contributed by atoms with van der Waals surface area (Å²) in [6.07, 6.45) is 1.53. The maximum atomic E-state index is 13.8. The molecule has 0 spiro atoms. The lowest BCUT2D eigenvalue weighted by Crippen LogP contribution is -2.19. The molecule has 0 saturated heterocycles. The van der Waals surface area contributed by atoms with Crippen LogP contribution in [0.1, 0.15) is 25.8 Å². The van der Waals surface area contributed by atoms with Crippen molar-refractivity contribution >= 4 is 9.84 Å². The minimum absolute atomic E-state index is 0.0474. The highest BCUT2D eigenvalue weighted by atomic mass is 32.2. The van der Waals surface area contributed by atoms with Crippen molar-refractivity contribution < 1.29 is 17.5 Å². The zero-order valence-electron chi connectivity index (χ0n) is 12.9. The Bertz CT molecular complexity index is 544. The van der Waals surface area contributed by atoms with Gasteiger partial charge in [0.05, 0.1) is 12.4 Å². The smallest absolute Gasteiger partial charge is 0.165 e. The van der Waals surface area contributed by atoms with E-state index < -0.39 is 15.7 Å². The summed E-state index contributed by atoms with van der Waals surface area (Å²) >= 11 is 0. The van der Waals surface area contributed by atoms with Crippen LogP contribution in [0, 0.1) is 11.7 Å². The highest BCUT2D eigenvalue weighted by Crippen LogP contribution is 2.18. The van der Waals surface area contributed by atoms with E-state index >= 15 is 0 Å². The van der Waals surface area contributed by atoms with E-state index in [0.717, 1.165) is 12.1 Å². The average Bonchev–Trinajstić information content (AvgIpc) is 2.35. The highest BCUT2D eigenvalue weighted by Gasteiger charge is 2.06. The Balaban J connectivity index is 2.43. The number of rotatable bonds is 9. The second kappa shape index (κ2) is 8.34. The predicted molar refractivity (Wildman–Crippen MR) is 82.8 cm³/mol. The van der Waals surface area contributed by atoms with Crippen molar-refractivity contribution in [3.05, 3.63) is 29.6 Å². The SMILES string of the molecule is CC(C)CNCc1ccc(OCCCS(C)(=O)=O)c(F)c1. The van der Waals surface area contributed by atoms with Gasteiger partial charge in [-0.1, -0.05) is 19.9 Å². The number of sulfone groups is 1. The number of nitrogens with one attached hydrogen (secondary N) is 1. The lowest BCUT2D eigenvalue weighted by Gasteiger charge is -2.10. The Hall–Kier alpha value is -1.14. The van der Waals surface area contributed by atoms with Gasteiger partial charge in [-0.05, 0) is 36.6 Å². The molecule has 0 aliphatic rings. The number of hydrogen-bond donors (Lipinski definition) is 1. The normalized spacial score (nSPS) is 11.9. The first-order valence-corrected chi connectivity index (χ1v) is 9.13. The van der Waals surface area contributed by atoms with Gasteiger partial charge in [-0.15, -0.1) is 0 Å². The second-order valence-electron chi connectivity index (χ2n) is 5.62. The average molecular weight is 317 g/mol. The molecular weight excluding hydrogens is 293 g/mol. The molecule has 1 aromatic rings. The van der Waals surface area contributed by atoms with Gasteiger partial charge < -0.3 is 10.1 Å². The third kappa shape index (κ3) is 8.02. The van der Waals surface area contributed by atoms with Crippen molar-refractivity contribution in [1.29, 1.82) is 0 Å². The van der Waals surface area contributed by atoms with E-state index in [2.05, 4.69) is 19.2 Å². The third-order valence-corrected chi connectivity index (χ3v) is 3.83. The van der Waals surface area contributed by atoms with Crippen molar-refractivity contribution in [2.24, 2.45) is 5.92 Å². The van der Waals surface area contributed by atoms with Crippen LogP contribution in [0.25, 0.3) is 0 Å². The molecule has 0 unspecified atom stereocenters. The molecule has 0 aliphatic heterocycles. The summed E-state index contributed by atoms with van der Waals surface area (Å²) in [5.74, 6) is 0.341. The van der Waals surface area contributed by atoms with E-state index in [4.69, 9.17) is 4.74 Å². The molecule has 0 fully saturated rings. The first kappa shape index (κ1) is 17.9. The van der Waals surface area contributed by atoms with Crippen LogP contribution in [-0.4, -0.2) is 33.6 Å². The fraction of sp³-hybridized carbons (Fsp3) is 0.600. The number of hydrogen-bond acceptors (Lipinski definition) is 4. The van der Waals surface area contributed by atoms with E-state index in [0.29, 0.717) is 18.9 Å². The predicted octanol–water partition coefficient (Wildman–Crippen LogP) is 2.38. The van der Waals surface area contributed by atoms with Gasteiger partial charge in [-0.2, -0.15) is 0 Å².